The first-order chi connectivity index (χ1) is 10.5. The van der Waals surface area contributed by atoms with Gasteiger partial charge in [-0.05, 0) is 58.6 Å². The van der Waals surface area contributed by atoms with Gasteiger partial charge >= 0.3 is 0 Å². The molecular formula is C16H13BrN2O3. The highest BCUT2D eigenvalue weighted by atomic mass is 79.9. The molecule has 0 aliphatic heterocycles. The lowest BCUT2D eigenvalue weighted by Crippen LogP contribution is -2.26. The van der Waals surface area contributed by atoms with Crippen molar-refractivity contribution in [3.8, 4) is 0 Å². The van der Waals surface area contributed by atoms with Gasteiger partial charge in [-0.15, -0.1) is 0 Å². The van der Waals surface area contributed by atoms with Crippen molar-refractivity contribution in [2.75, 3.05) is 0 Å². The third kappa shape index (κ3) is 2.96. The molecule has 1 aromatic carbocycles. The van der Waals surface area contributed by atoms with Crippen LogP contribution in [0, 0.1) is 6.92 Å². The topological polar surface area (TPSA) is 75.1 Å². The minimum atomic E-state index is -0.366. The van der Waals surface area contributed by atoms with Crippen LogP contribution in [-0.2, 0) is 6.54 Å². The van der Waals surface area contributed by atoms with Gasteiger partial charge < -0.3 is 14.7 Å². The number of H-pyrrole nitrogens is 1. The Morgan fingerprint density at radius 1 is 1.27 bits per heavy atom. The number of pyridine rings is 1. The summed E-state index contributed by atoms with van der Waals surface area (Å²) in [6, 6.07) is 10.8. The fourth-order valence-corrected chi connectivity index (χ4v) is 2.51. The molecule has 2 N–H and O–H groups in total. The third-order valence-corrected chi connectivity index (χ3v) is 3.74. The molecule has 3 rings (SSSR count). The van der Waals surface area contributed by atoms with E-state index in [9.17, 15) is 9.59 Å². The number of amides is 1. The predicted octanol–water partition coefficient (Wildman–Crippen LogP) is 3.12. The summed E-state index contributed by atoms with van der Waals surface area (Å²) in [4.78, 5) is 26.8. The second-order valence-corrected chi connectivity index (χ2v) is 5.78. The summed E-state index contributed by atoms with van der Waals surface area (Å²) in [5, 5.41) is 3.61. The highest BCUT2D eigenvalue weighted by molar-refractivity contribution is 9.10. The van der Waals surface area contributed by atoms with Crippen molar-refractivity contribution in [2.24, 2.45) is 0 Å². The largest absolute Gasteiger partial charge is 0.444 e. The lowest BCUT2D eigenvalue weighted by atomic mass is 10.1. The first kappa shape index (κ1) is 14.6. The minimum absolute atomic E-state index is 0.135. The number of furan rings is 1. The zero-order valence-electron chi connectivity index (χ0n) is 11.8. The fraction of sp³-hybridized carbons (Fsp3) is 0.125. The molecule has 1 amide bonds. The molecule has 0 bridgehead atoms. The summed E-state index contributed by atoms with van der Waals surface area (Å²) in [6.45, 7) is 2.12. The van der Waals surface area contributed by atoms with Gasteiger partial charge in [-0.3, -0.25) is 9.59 Å². The van der Waals surface area contributed by atoms with Crippen LogP contribution in [0.2, 0.25) is 0 Å². The molecule has 0 aliphatic carbocycles. The molecule has 3 aromatic rings. The molecular weight excluding hydrogens is 348 g/mol. The molecule has 6 heteroatoms. The second kappa shape index (κ2) is 5.81. The van der Waals surface area contributed by atoms with E-state index in [2.05, 4.69) is 26.2 Å². The van der Waals surface area contributed by atoms with Gasteiger partial charge in [-0.25, -0.2) is 0 Å². The van der Waals surface area contributed by atoms with Gasteiger partial charge in [0.15, 0.2) is 10.4 Å². The van der Waals surface area contributed by atoms with E-state index in [0.29, 0.717) is 10.2 Å². The number of halogens is 1. The monoisotopic (exact) mass is 360 g/mol. The van der Waals surface area contributed by atoms with E-state index >= 15 is 0 Å². The van der Waals surface area contributed by atoms with Gasteiger partial charge in [0.2, 0.25) is 0 Å². The number of benzene rings is 1. The molecule has 0 radical (unpaired) electrons. The number of rotatable bonds is 3. The summed E-state index contributed by atoms with van der Waals surface area (Å²) >= 11 is 3.14. The average Bonchev–Trinajstić information content (AvgIpc) is 2.92. The van der Waals surface area contributed by atoms with Crippen LogP contribution >= 0.6 is 15.9 Å². The Kier molecular flexibility index (Phi) is 3.85. The molecule has 0 saturated carbocycles. The molecule has 0 atom stereocenters. The average molecular weight is 361 g/mol. The normalized spacial score (nSPS) is 10.8. The number of nitrogens with one attached hydrogen (secondary N) is 2. The van der Waals surface area contributed by atoms with Crippen molar-refractivity contribution in [2.45, 2.75) is 13.5 Å². The zero-order chi connectivity index (χ0) is 15.7. The van der Waals surface area contributed by atoms with Crippen LogP contribution in [-0.4, -0.2) is 10.9 Å². The van der Waals surface area contributed by atoms with Gasteiger partial charge in [-0.1, -0.05) is 11.6 Å². The van der Waals surface area contributed by atoms with Gasteiger partial charge in [0, 0.05) is 17.6 Å². The molecule has 0 saturated heterocycles. The van der Waals surface area contributed by atoms with E-state index in [4.69, 9.17) is 4.42 Å². The van der Waals surface area contributed by atoms with Gasteiger partial charge in [-0.2, -0.15) is 0 Å². The zero-order valence-corrected chi connectivity index (χ0v) is 13.4. The van der Waals surface area contributed by atoms with Crippen LogP contribution in [0.4, 0.5) is 0 Å². The Morgan fingerprint density at radius 3 is 2.82 bits per heavy atom. The maximum atomic E-state index is 12.0. The molecule has 0 unspecified atom stereocenters. The number of carbonyl (C=O) groups is 1. The van der Waals surface area contributed by atoms with E-state index in [1.54, 1.807) is 18.2 Å². The molecule has 0 fully saturated rings. The van der Waals surface area contributed by atoms with Crippen molar-refractivity contribution in [3.63, 3.8) is 0 Å². The maximum Gasteiger partial charge on any atom is 0.287 e. The summed E-state index contributed by atoms with van der Waals surface area (Å²) in [7, 11) is 0. The number of hydrogen-bond donors (Lipinski definition) is 2. The number of carbonyl (C=O) groups excluding carboxylic acids is 1. The Balaban J connectivity index is 1.83. The molecule has 112 valence electrons. The van der Waals surface area contributed by atoms with Crippen molar-refractivity contribution < 1.29 is 9.21 Å². The molecule has 22 heavy (non-hydrogen) atoms. The Labute approximate surface area is 134 Å². The van der Waals surface area contributed by atoms with Crippen LogP contribution in [0.5, 0.6) is 0 Å². The van der Waals surface area contributed by atoms with Crippen molar-refractivity contribution in [3.05, 3.63) is 68.3 Å². The van der Waals surface area contributed by atoms with Gasteiger partial charge in [0.05, 0.1) is 0 Å². The number of aromatic nitrogens is 1. The molecule has 2 aromatic heterocycles. The predicted molar refractivity (Wildman–Crippen MR) is 86.9 cm³/mol. The summed E-state index contributed by atoms with van der Waals surface area (Å²) in [5.74, 6) is -0.172. The Morgan fingerprint density at radius 2 is 2.09 bits per heavy atom. The highest BCUT2D eigenvalue weighted by Gasteiger charge is 2.11. The quantitative estimate of drug-likeness (QED) is 0.753. The van der Waals surface area contributed by atoms with Crippen LogP contribution in [0.3, 0.4) is 0 Å². The standard InChI is InChI=1S/C16H13BrN2O3/c1-9-2-3-12-10(6-9)7-11(15(20)19-12)8-18-16(21)13-4-5-14(17)22-13/h2-7H,8H2,1H3,(H,18,21)(H,19,20). The Bertz CT molecular complexity index is 911. The number of aromatic amines is 1. The number of fused-ring (bicyclic) bond motifs is 1. The minimum Gasteiger partial charge on any atom is -0.444 e. The Hall–Kier alpha value is -2.34. The van der Waals surface area contributed by atoms with Crippen LogP contribution in [0.25, 0.3) is 10.9 Å². The van der Waals surface area contributed by atoms with Crippen molar-refractivity contribution in [1.29, 1.82) is 0 Å². The van der Waals surface area contributed by atoms with E-state index in [-0.39, 0.29) is 23.8 Å². The van der Waals surface area contributed by atoms with E-state index < -0.39 is 0 Å². The van der Waals surface area contributed by atoms with Crippen molar-refractivity contribution >= 4 is 32.7 Å². The summed E-state index contributed by atoms with van der Waals surface area (Å²) in [5.41, 5.74) is 2.17. The first-order valence-corrected chi connectivity index (χ1v) is 7.48. The summed E-state index contributed by atoms with van der Waals surface area (Å²) in [6.07, 6.45) is 0. The molecule has 5 nitrogen and oxygen atoms in total. The van der Waals surface area contributed by atoms with Gasteiger partial charge in [0.25, 0.3) is 11.5 Å². The third-order valence-electron chi connectivity index (χ3n) is 3.31. The fourth-order valence-electron chi connectivity index (χ4n) is 2.20. The first-order valence-electron chi connectivity index (χ1n) is 6.69. The second-order valence-electron chi connectivity index (χ2n) is 5.00. The lowest BCUT2D eigenvalue weighted by Gasteiger charge is -2.05. The maximum absolute atomic E-state index is 12.0. The van der Waals surface area contributed by atoms with E-state index in [1.807, 2.05) is 25.1 Å². The van der Waals surface area contributed by atoms with E-state index in [1.165, 1.54) is 0 Å². The van der Waals surface area contributed by atoms with Crippen LogP contribution in [0.15, 0.2) is 50.3 Å². The van der Waals surface area contributed by atoms with E-state index in [0.717, 1.165) is 16.5 Å². The van der Waals surface area contributed by atoms with Crippen LogP contribution < -0.4 is 10.9 Å². The lowest BCUT2D eigenvalue weighted by molar-refractivity contribution is 0.0922. The van der Waals surface area contributed by atoms with Crippen LogP contribution in [0.1, 0.15) is 21.7 Å². The molecule has 2 heterocycles. The number of aryl methyl sites for hydroxylation is 1. The van der Waals surface area contributed by atoms with Gasteiger partial charge in [0.1, 0.15) is 0 Å². The number of hydrogen-bond acceptors (Lipinski definition) is 3. The highest BCUT2D eigenvalue weighted by Crippen LogP contribution is 2.15. The SMILES string of the molecule is Cc1ccc2[nH]c(=O)c(CNC(=O)c3ccc(Br)o3)cc2c1. The molecule has 0 spiro atoms. The molecule has 0 aliphatic rings. The summed E-state index contributed by atoms with van der Waals surface area (Å²) < 4.78 is 5.65. The smallest absolute Gasteiger partial charge is 0.287 e. The van der Waals surface area contributed by atoms with Crippen molar-refractivity contribution in [1.82, 2.24) is 10.3 Å².